The van der Waals surface area contributed by atoms with Crippen molar-refractivity contribution in [1.82, 2.24) is 0 Å². The van der Waals surface area contributed by atoms with Crippen LogP contribution in [-0.4, -0.2) is 12.1 Å². The van der Waals surface area contributed by atoms with E-state index in [1.54, 1.807) is 0 Å². The Kier molecular flexibility index (Phi) is 5.41. The van der Waals surface area contributed by atoms with Gasteiger partial charge in [0.05, 0.1) is 0 Å². The van der Waals surface area contributed by atoms with Crippen molar-refractivity contribution in [2.45, 2.75) is 52.1 Å². The van der Waals surface area contributed by atoms with Gasteiger partial charge in [-0.15, -0.1) is 0 Å². The highest BCUT2D eigenvalue weighted by atomic mass is 79.9. The summed E-state index contributed by atoms with van der Waals surface area (Å²) in [5, 5.41) is 0. The molecule has 0 aromatic heterocycles. The molecule has 1 aliphatic heterocycles. The first-order valence-electron chi connectivity index (χ1n) is 7.31. The van der Waals surface area contributed by atoms with Gasteiger partial charge in [-0.05, 0) is 37.5 Å². The maximum Gasteiger partial charge on any atom is 0.334 e. The van der Waals surface area contributed by atoms with Crippen LogP contribution in [0.5, 0.6) is 0 Å². The molecule has 0 aliphatic carbocycles. The van der Waals surface area contributed by atoms with Crippen molar-refractivity contribution in [2.75, 3.05) is 0 Å². The summed E-state index contributed by atoms with van der Waals surface area (Å²) in [6.45, 7) is 4.07. The zero-order valence-corrected chi connectivity index (χ0v) is 13.7. The zero-order chi connectivity index (χ0) is 14.5. The van der Waals surface area contributed by atoms with Gasteiger partial charge in [0.25, 0.3) is 0 Å². The predicted octanol–water partition coefficient (Wildman–Crippen LogP) is 5.12. The summed E-state index contributed by atoms with van der Waals surface area (Å²) in [6.07, 6.45) is 5.62. The predicted molar refractivity (Wildman–Crippen MR) is 85.4 cm³/mol. The molecule has 0 radical (unpaired) electrons. The van der Waals surface area contributed by atoms with Gasteiger partial charge in [-0.25, -0.2) is 4.79 Å². The molecule has 0 amide bonds. The molecule has 1 aromatic carbocycles. The van der Waals surface area contributed by atoms with Gasteiger partial charge in [-0.3, -0.25) is 0 Å². The normalized spacial score (nSPS) is 18.6. The third-order valence-corrected chi connectivity index (χ3v) is 4.23. The molecule has 1 aliphatic rings. The number of rotatable bonds is 6. The van der Waals surface area contributed by atoms with Crippen molar-refractivity contribution in [3.05, 3.63) is 39.9 Å². The fraction of sp³-hybridized carbons (Fsp3) is 0.471. The molecule has 0 saturated heterocycles. The van der Waals surface area contributed by atoms with Crippen LogP contribution < -0.4 is 0 Å². The summed E-state index contributed by atoms with van der Waals surface area (Å²) in [7, 11) is 0. The molecule has 2 rings (SSSR count). The number of benzene rings is 1. The van der Waals surface area contributed by atoms with Gasteiger partial charge in [0.2, 0.25) is 0 Å². The molecule has 0 spiro atoms. The van der Waals surface area contributed by atoms with E-state index in [0.29, 0.717) is 0 Å². The van der Waals surface area contributed by atoms with Gasteiger partial charge in [-0.1, -0.05) is 54.2 Å². The molecule has 2 nitrogen and oxygen atoms in total. The van der Waals surface area contributed by atoms with Crippen molar-refractivity contribution in [2.24, 2.45) is 0 Å². The van der Waals surface area contributed by atoms with Gasteiger partial charge >= 0.3 is 5.97 Å². The van der Waals surface area contributed by atoms with Crippen LogP contribution >= 0.6 is 15.9 Å². The average Bonchev–Trinajstić information content (AvgIpc) is 2.70. The second-order valence-corrected chi connectivity index (χ2v) is 6.21. The molecule has 0 bridgehead atoms. The number of halogens is 1. The van der Waals surface area contributed by atoms with Crippen LogP contribution in [0.1, 0.15) is 51.5 Å². The van der Waals surface area contributed by atoms with Crippen LogP contribution in [-0.2, 0) is 9.53 Å². The van der Waals surface area contributed by atoms with Crippen LogP contribution in [0.4, 0.5) is 0 Å². The number of cyclic esters (lactones) is 1. The van der Waals surface area contributed by atoms with E-state index in [1.807, 2.05) is 25.1 Å². The van der Waals surface area contributed by atoms with E-state index in [4.69, 9.17) is 4.74 Å². The molecular formula is C17H21BrO2. The number of hydrogen-bond donors (Lipinski definition) is 0. The first-order valence-corrected chi connectivity index (χ1v) is 8.10. The molecule has 0 N–H and O–H groups in total. The molecule has 1 heterocycles. The largest absolute Gasteiger partial charge is 0.454 e. The Hall–Kier alpha value is -1.09. The van der Waals surface area contributed by atoms with Gasteiger partial charge < -0.3 is 4.74 Å². The minimum absolute atomic E-state index is 0.0753. The van der Waals surface area contributed by atoms with Crippen molar-refractivity contribution >= 4 is 27.5 Å². The quantitative estimate of drug-likeness (QED) is 0.532. The Morgan fingerprint density at radius 3 is 2.75 bits per heavy atom. The Bertz CT molecular complexity index is 519. The van der Waals surface area contributed by atoms with E-state index in [2.05, 4.69) is 28.9 Å². The van der Waals surface area contributed by atoms with Crippen LogP contribution in [0.15, 0.2) is 34.3 Å². The lowest BCUT2D eigenvalue weighted by molar-refractivity contribution is -0.139. The Labute approximate surface area is 129 Å². The highest BCUT2D eigenvalue weighted by molar-refractivity contribution is 9.10. The molecule has 1 atom stereocenters. The summed E-state index contributed by atoms with van der Waals surface area (Å²) < 4.78 is 6.56. The maximum atomic E-state index is 11.9. The third kappa shape index (κ3) is 3.51. The number of ether oxygens (including phenoxy) is 1. The summed E-state index contributed by atoms with van der Waals surface area (Å²) >= 11 is 3.49. The first-order chi connectivity index (χ1) is 9.63. The number of hydrogen-bond acceptors (Lipinski definition) is 2. The molecule has 1 aromatic rings. The summed E-state index contributed by atoms with van der Waals surface area (Å²) in [6, 6.07) is 8.09. The van der Waals surface area contributed by atoms with Crippen molar-refractivity contribution < 1.29 is 9.53 Å². The lowest BCUT2D eigenvalue weighted by atomic mass is 9.94. The van der Waals surface area contributed by atoms with E-state index in [9.17, 15) is 4.79 Å². The molecule has 0 saturated carbocycles. The van der Waals surface area contributed by atoms with Gasteiger partial charge in [0.15, 0.2) is 0 Å². The van der Waals surface area contributed by atoms with Crippen LogP contribution in [0.25, 0.3) is 5.57 Å². The monoisotopic (exact) mass is 336 g/mol. The van der Waals surface area contributed by atoms with E-state index in [-0.39, 0.29) is 12.1 Å². The van der Waals surface area contributed by atoms with Crippen molar-refractivity contribution in [3.8, 4) is 0 Å². The summed E-state index contributed by atoms with van der Waals surface area (Å²) in [4.78, 5) is 11.9. The van der Waals surface area contributed by atoms with Crippen molar-refractivity contribution in [3.63, 3.8) is 0 Å². The maximum absolute atomic E-state index is 11.9. The fourth-order valence-electron chi connectivity index (χ4n) is 2.65. The second-order valence-electron chi connectivity index (χ2n) is 5.29. The Morgan fingerprint density at radius 2 is 2.05 bits per heavy atom. The SMILES string of the molecule is CCCCCCC1OC(=O)C(C)=C1c1cccc(Br)c1. The lowest BCUT2D eigenvalue weighted by Crippen LogP contribution is -2.11. The number of esters is 1. The van der Waals surface area contributed by atoms with E-state index < -0.39 is 0 Å². The smallest absolute Gasteiger partial charge is 0.334 e. The third-order valence-electron chi connectivity index (χ3n) is 3.74. The molecule has 3 heteroatoms. The van der Waals surface area contributed by atoms with E-state index in [1.165, 1.54) is 19.3 Å². The minimum Gasteiger partial charge on any atom is -0.454 e. The zero-order valence-electron chi connectivity index (χ0n) is 12.1. The van der Waals surface area contributed by atoms with E-state index >= 15 is 0 Å². The fourth-order valence-corrected chi connectivity index (χ4v) is 3.05. The van der Waals surface area contributed by atoms with Crippen LogP contribution in [0, 0.1) is 0 Å². The number of unbranched alkanes of at least 4 members (excludes halogenated alkanes) is 3. The van der Waals surface area contributed by atoms with E-state index in [0.717, 1.165) is 34.0 Å². The molecular weight excluding hydrogens is 316 g/mol. The Morgan fingerprint density at radius 1 is 1.25 bits per heavy atom. The highest BCUT2D eigenvalue weighted by Gasteiger charge is 2.31. The molecule has 20 heavy (non-hydrogen) atoms. The minimum atomic E-state index is -0.166. The summed E-state index contributed by atoms with van der Waals surface area (Å²) in [5.74, 6) is -0.166. The second kappa shape index (κ2) is 7.07. The van der Waals surface area contributed by atoms with Gasteiger partial charge in [0.1, 0.15) is 6.10 Å². The first kappa shape index (κ1) is 15.3. The molecule has 1 unspecified atom stereocenters. The lowest BCUT2D eigenvalue weighted by Gasteiger charge is -2.14. The number of carbonyl (C=O) groups is 1. The standard InChI is InChI=1S/C17H21BrO2/c1-3-4-5-6-10-15-16(12(2)17(19)20-15)13-8-7-9-14(18)11-13/h7-9,11,15H,3-6,10H2,1-2H3. The molecule has 0 fully saturated rings. The van der Waals surface area contributed by atoms with Crippen LogP contribution in [0.2, 0.25) is 0 Å². The average molecular weight is 337 g/mol. The van der Waals surface area contributed by atoms with Gasteiger partial charge in [0, 0.05) is 15.6 Å². The van der Waals surface area contributed by atoms with Crippen LogP contribution in [0.3, 0.4) is 0 Å². The number of carbonyl (C=O) groups excluding carboxylic acids is 1. The topological polar surface area (TPSA) is 26.3 Å². The Balaban J connectivity index is 2.15. The highest BCUT2D eigenvalue weighted by Crippen LogP contribution is 2.35. The summed E-state index contributed by atoms with van der Waals surface area (Å²) in [5.41, 5.74) is 2.90. The molecule has 108 valence electrons. The van der Waals surface area contributed by atoms with Gasteiger partial charge in [-0.2, -0.15) is 0 Å². The van der Waals surface area contributed by atoms with Crippen molar-refractivity contribution in [1.29, 1.82) is 0 Å².